The maximum atomic E-state index is 13.7. The number of hydrogen-bond donors (Lipinski definition) is 0. The van der Waals surface area contributed by atoms with Crippen molar-refractivity contribution < 1.29 is 27.8 Å². The molecule has 108 valence electrons. The van der Waals surface area contributed by atoms with Gasteiger partial charge in [-0.05, 0) is 23.8 Å². The van der Waals surface area contributed by atoms with E-state index in [9.17, 15) is 18.4 Å². The van der Waals surface area contributed by atoms with Gasteiger partial charge in [-0.15, -0.1) is 0 Å². The van der Waals surface area contributed by atoms with E-state index >= 15 is 0 Å². The first-order valence-corrected chi connectivity index (χ1v) is 6.06. The number of methoxy groups -OCH3 is 2. The summed E-state index contributed by atoms with van der Waals surface area (Å²) in [6.07, 6.45) is -0.888. The molecule has 0 aliphatic heterocycles. The Labute approximate surface area is 114 Å². The van der Waals surface area contributed by atoms with E-state index in [0.717, 1.165) is 0 Å². The Hall–Kier alpha value is -1.98. The molecule has 1 atom stereocenters. The molecule has 1 unspecified atom stereocenters. The van der Waals surface area contributed by atoms with E-state index in [0.29, 0.717) is 11.3 Å². The van der Waals surface area contributed by atoms with Gasteiger partial charge in [-0.25, -0.2) is 0 Å². The monoisotopic (exact) mass is 284 g/mol. The van der Waals surface area contributed by atoms with Crippen LogP contribution >= 0.6 is 0 Å². The van der Waals surface area contributed by atoms with Crippen LogP contribution in [0.1, 0.15) is 34.7 Å². The Balaban J connectivity index is 2.47. The number of Topliss-reactive ketones (excluding diaryl/α,β-unsaturated/α-hetero) is 1. The lowest BCUT2D eigenvalue weighted by atomic mass is 9.78. The molecule has 2 rings (SSSR count). The molecule has 1 aromatic carbocycles. The number of alkyl halides is 2. The molecule has 0 bridgehead atoms. The summed E-state index contributed by atoms with van der Waals surface area (Å²) in [4.78, 5) is 23.1. The SMILES string of the molecule is COC(=O)CC1CC(F)(F)C(=O)c2ccc(OC)cc21. The first-order chi connectivity index (χ1) is 9.39. The number of benzene rings is 1. The number of ketones is 1. The highest BCUT2D eigenvalue weighted by molar-refractivity contribution is 6.04. The smallest absolute Gasteiger partial charge is 0.310 e. The molecule has 0 radical (unpaired) electrons. The van der Waals surface area contributed by atoms with Gasteiger partial charge in [0.05, 0.1) is 20.6 Å². The van der Waals surface area contributed by atoms with Gasteiger partial charge in [0.15, 0.2) is 0 Å². The van der Waals surface area contributed by atoms with Crippen molar-refractivity contribution in [1.29, 1.82) is 0 Å². The molecular formula is C14H14F2O4. The molecule has 6 heteroatoms. The second-order valence-corrected chi connectivity index (χ2v) is 4.67. The summed E-state index contributed by atoms with van der Waals surface area (Å²) in [5.74, 6) is -5.57. The number of esters is 1. The van der Waals surface area contributed by atoms with Crippen molar-refractivity contribution in [2.45, 2.75) is 24.7 Å². The van der Waals surface area contributed by atoms with Crippen LogP contribution in [0.2, 0.25) is 0 Å². The average molecular weight is 284 g/mol. The van der Waals surface area contributed by atoms with Crippen LogP contribution in [0.4, 0.5) is 8.78 Å². The van der Waals surface area contributed by atoms with Crippen LogP contribution in [0.3, 0.4) is 0 Å². The zero-order valence-electron chi connectivity index (χ0n) is 11.1. The summed E-state index contributed by atoms with van der Waals surface area (Å²) in [7, 11) is 2.64. The molecule has 0 saturated carbocycles. The van der Waals surface area contributed by atoms with Gasteiger partial charge in [-0.3, -0.25) is 9.59 Å². The van der Waals surface area contributed by atoms with E-state index < -0.39 is 30.0 Å². The Morgan fingerprint density at radius 1 is 1.40 bits per heavy atom. The molecule has 4 nitrogen and oxygen atoms in total. The van der Waals surface area contributed by atoms with Crippen LogP contribution in [-0.4, -0.2) is 31.9 Å². The molecule has 0 fully saturated rings. The highest BCUT2D eigenvalue weighted by atomic mass is 19.3. The van der Waals surface area contributed by atoms with Crippen LogP contribution in [0.25, 0.3) is 0 Å². The number of fused-ring (bicyclic) bond motifs is 1. The molecule has 0 heterocycles. The van der Waals surface area contributed by atoms with Crippen LogP contribution in [0, 0.1) is 0 Å². The van der Waals surface area contributed by atoms with Gasteiger partial charge in [0.25, 0.3) is 0 Å². The van der Waals surface area contributed by atoms with Crippen molar-refractivity contribution in [2.24, 2.45) is 0 Å². The van der Waals surface area contributed by atoms with E-state index in [1.807, 2.05) is 0 Å². The van der Waals surface area contributed by atoms with Gasteiger partial charge < -0.3 is 9.47 Å². The Bertz CT molecular complexity index is 554. The molecule has 1 aliphatic rings. The van der Waals surface area contributed by atoms with Crippen molar-refractivity contribution in [1.82, 2.24) is 0 Å². The molecule has 20 heavy (non-hydrogen) atoms. The van der Waals surface area contributed by atoms with E-state index in [4.69, 9.17) is 4.74 Å². The lowest BCUT2D eigenvalue weighted by Crippen LogP contribution is -2.37. The van der Waals surface area contributed by atoms with Crippen LogP contribution in [0.5, 0.6) is 5.75 Å². The van der Waals surface area contributed by atoms with E-state index in [1.54, 1.807) is 0 Å². The number of carbonyl (C=O) groups is 2. The number of carbonyl (C=O) groups excluding carboxylic acids is 2. The first-order valence-electron chi connectivity index (χ1n) is 6.06. The lowest BCUT2D eigenvalue weighted by molar-refractivity contribution is -0.141. The topological polar surface area (TPSA) is 52.6 Å². The van der Waals surface area contributed by atoms with Crippen LogP contribution in [-0.2, 0) is 9.53 Å². The summed E-state index contributed by atoms with van der Waals surface area (Å²) in [6.45, 7) is 0. The Morgan fingerprint density at radius 2 is 2.10 bits per heavy atom. The second-order valence-electron chi connectivity index (χ2n) is 4.67. The van der Waals surface area contributed by atoms with E-state index in [-0.39, 0.29) is 12.0 Å². The molecule has 0 N–H and O–H groups in total. The Morgan fingerprint density at radius 3 is 2.70 bits per heavy atom. The van der Waals surface area contributed by atoms with E-state index in [2.05, 4.69) is 4.74 Å². The quantitative estimate of drug-likeness (QED) is 0.800. The molecule has 0 aromatic heterocycles. The minimum absolute atomic E-state index is 0.0593. The predicted molar refractivity (Wildman–Crippen MR) is 66.3 cm³/mol. The molecule has 0 spiro atoms. The van der Waals surface area contributed by atoms with Crippen molar-refractivity contribution in [3.63, 3.8) is 0 Å². The normalized spacial score (nSPS) is 20.2. The third-order valence-corrected chi connectivity index (χ3v) is 3.42. The van der Waals surface area contributed by atoms with Crippen molar-refractivity contribution in [3.05, 3.63) is 29.3 Å². The standard InChI is InChI=1S/C14H14F2O4/c1-19-9-3-4-10-11(6-9)8(5-12(17)20-2)7-14(15,16)13(10)18/h3-4,6,8H,5,7H2,1-2H3. The maximum Gasteiger partial charge on any atom is 0.310 e. The number of halogens is 2. The fraction of sp³-hybridized carbons (Fsp3) is 0.429. The third kappa shape index (κ3) is 2.50. The Kier molecular flexibility index (Phi) is 3.74. The third-order valence-electron chi connectivity index (χ3n) is 3.42. The summed E-state index contributed by atoms with van der Waals surface area (Å²) in [6, 6.07) is 4.29. The van der Waals surface area contributed by atoms with Crippen molar-refractivity contribution in [2.75, 3.05) is 14.2 Å². The second kappa shape index (κ2) is 5.19. The van der Waals surface area contributed by atoms with E-state index in [1.165, 1.54) is 32.4 Å². The number of hydrogen-bond acceptors (Lipinski definition) is 4. The lowest BCUT2D eigenvalue weighted by Gasteiger charge is -2.29. The van der Waals surface area contributed by atoms with Gasteiger partial charge in [0.2, 0.25) is 5.78 Å². The highest BCUT2D eigenvalue weighted by Gasteiger charge is 2.47. The molecular weight excluding hydrogens is 270 g/mol. The largest absolute Gasteiger partial charge is 0.497 e. The zero-order valence-corrected chi connectivity index (χ0v) is 11.1. The minimum Gasteiger partial charge on any atom is -0.497 e. The van der Waals surface area contributed by atoms with Gasteiger partial charge in [0, 0.05) is 17.9 Å². The van der Waals surface area contributed by atoms with Gasteiger partial charge in [-0.1, -0.05) is 0 Å². The highest BCUT2D eigenvalue weighted by Crippen LogP contribution is 2.43. The average Bonchev–Trinajstić information content (AvgIpc) is 2.43. The van der Waals surface area contributed by atoms with Crippen molar-refractivity contribution >= 4 is 11.8 Å². The molecule has 0 amide bonds. The van der Waals surface area contributed by atoms with Gasteiger partial charge in [-0.2, -0.15) is 8.78 Å². The van der Waals surface area contributed by atoms with Gasteiger partial charge >= 0.3 is 11.9 Å². The summed E-state index contributed by atoms with van der Waals surface area (Å²) >= 11 is 0. The number of rotatable bonds is 3. The van der Waals surface area contributed by atoms with Crippen LogP contribution in [0.15, 0.2) is 18.2 Å². The first kappa shape index (κ1) is 14.4. The zero-order chi connectivity index (χ0) is 14.9. The molecule has 0 saturated heterocycles. The predicted octanol–water partition coefficient (Wildman–Crippen LogP) is 2.56. The summed E-state index contributed by atoms with van der Waals surface area (Å²) < 4.78 is 37.0. The summed E-state index contributed by atoms with van der Waals surface area (Å²) in [5.41, 5.74) is 0.349. The number of ether oxygens (including phenoxy) is 2. The fourth-order valence-electron chi connectivity index (χ4n) is 2.39. The van der Waals surface area contributed by atoms with Gasteiger partial charge in [0.1, 0.15) is 5.75 Å². The van der Waals surface area contributed by atoms with Crippen LogP contribution < -0.4 is 4.74 Å². The molecule has 1 aliphatic carbocycles. The summed E-state index contributed by atoms with van der Waals surface area (Å²) in [5, 5.41) is 0. The maximum absolute atomic E-state index is 13.7. The minimum atomic E-state index is -3.46. The molecule has 1 aromatic rings. The van der Waals surface area contributed by atoms with Crippen molar-refractivity contribution in [3.8, 4) is 5.75 Å². The fourth-order valence-corrected chi connectivity index (χ4v) is 2.39.